The lowest BCUT2D eigenvalue weighted by atomic mass is 10.0. The van der Waals surface area contributed by atoms with Crippen molar-refractivity contribution in [1.29, 1.82) is 0 Å². The average Bonchev–Trinajstić information content (AvgIpc) is 3.06. The van der Waals surface area contributed by atoms with E-state index < -0.39 is 11.7 Å². The molecule has 0 saturated heterocycles. The van der Waals surface area contributed by atoms with Crippen LogP contribution in [0.3, 0.4) is 0 Å². The Kier molecular flexibility index (Phi) is 6.46. The molecule has 9 nitrogen and oxygen atoms in total. The van der Waals surface area contributed by atoms with Gasteiger partial charge < -0.3 is 10.5 Å². The molecule has 0 aliphatic carbocycles. The van der Waals surface area contributed by atoms with Crippen molar-refractivity contribution in [3.8, 4) is 11.8 Å². The fourth-order valence-electron chi connectivity index (χ4n) is 2.93. The van der Waals surface area contributed by atoms with E-state index in [1.54, 1.807) is 51.1 Å². The molecule has 166 valence electrons. The highest BCUT2D eigenvalue weighted by atomic mass is 16.6. The number of ketones is 1. The van der Waals surface area contributed by atoms with E-state index in [0.29, 0.717) is 34.6 Å². The van der Waals surface area contributed by atoms with Crippen LogP contribution in [-0.2, 0) is 4.74 Å². The molecule has 0 fully saturated rings. The predicted molar refractivity (Wildman–Crippen MR) is 123 cm³/mol. The van der Waals surface area contributed by atoms with Crippen LogP contribution in [0, 0.1) is 11.8 Å². The highest BCUT2D eigenvalue weighted by Crippen LogP contribution is 2.24. The SMILES string of the molecule is CN(C)CC#Cc1cc(C(=O)c2cccc(NC(=O)OC(C)(C)C)c2)c2c(N)ncnn12. The molecule has 1 amide bonds. The molecular formula is C23H26N6O3. The van der Waals surface area contributed by atoms with Crippen molar-refractivity contribution in [2.75, 3.05) is 31.7 Å². The summed E-state index contributed by atoms with van der Waals surface area (Å²) in [5.41, 5.74) is 7.47. The van der Waals surface area contributed by atoms with Crippen molar-refractivity contribution in [3.05, 3.63) is 53.5 Å². The quantitative estimate of drug-likeness (QED) is 0.479. The van der Waals surface area contributed by atoms with Crippen LogP contribution in [0.2, 0.25) is 0 Å². The van der Waals surface area contributed by atoms with Crippen LogP contribution < -0.4 is 11.1 Å². The third kappa shape index (κ3) is 5.42. The van der Waals surface area contributed by atoms with Crippen LogP contribution in [0.1, 0.15) is 42.4 Å². The average molecular weight is 435 g/mol. The molecule has 3 N–H and O–H groups in total. The second kappa shape index (κ2) is 9.08. The topological polar surface area (TPSA) is 115 Å². The Hall–Kier alpha value is -3.90. The first-order valence-electron chi connectivity index (χ1n) is 9.96. The van der Waals surface area contributed by atoms with Gasteiger partial charge in [0.25, 0.3) is 0 Å². The first kappa shape index (κ1) is 22.8. The Morgan fingerprint density at radius 1 is 1.25 bits per heavy atom. The number of nitrogens with zero attached hydrogens (tertiary/aromatic N) is 4. The monoisotopic (exact) mass is 434 g/mol. The summed E-state index contributed by atoms with van der Waals surface area (Å²) in [6.07, 6.45) is 0.714. The zero-order valence-corrected chi connectivity index (χ0v) is 18.8. The molecule has 1 aromatic carbocycles. The summed E-state index contributed by atoms with van der Waals surface area (Å²) in [4.78, 5) is 31.4. The minimum absolute atomic E-state index is 0.173. The van der Waals surface area contributed by atoms with Crippen LogP contribution in [0.5, 0.6) is 0 Å². The van der Waals surface area contributed by atoms with E-state index in [4.69, 9.17) is 10.5 Å². The van der Waals surface area contributed by atoms with Gasteiger partial charge in [-0.15, -0.1) is 0 Å². The number of ether oxygens (including phenoxy) is 1. The summed E-state index contributed by atoms with van der Waals surface area (Å²) in [6.45, 7) is 5.87. The number of carbonyl (C=O) groups is 2. The molecule has 9 heteroatoms. The standard InChI is InChI=1S/C23H26N6O3/c1-23(2,3)32-22(31)27-16-9-6-8-15(12-16)20(30)18-13-17(10-7-11-28(4)5)29-19(18)21(24)25-14-26-29/h6,8-9,12-14H,11H2,1-5H3,(H,27,31)(H2,24,25,26). The number of aromatic nitrogens is 3. The van der Waals surface area contributed by atoms with Gasteiger partial charge in [-0.2, -0.15) is 5.10 Å². The lowest BCUT2D eigenvalue weighted by Gasteiger charge is -2.19. The van der Waals surface area contributed by atoms with Crippen LogP contribution in [0.15, 0.2) is 36.7 Å². The summed E-state index contributed by atoms with van der Waals surface area (Å²) >= 11 is 0. The second-order valence-electron chi connectivity index (χ2n) is 8.43. The van der Waals surface area contributed by atoms with E-state index in [2.05, 4.69) is 27.2 Å². The van der Waals surface area contributed by atoms with Crippen LogP contribution >= 0.6 is 0 Å². The van der Waals surface area contributed by atoms with Crippen molar-refractivity contribution < 1.29 is 14.3 Å². The number of hydrogen-bond acceptors (Lipinski definition) is 7. The number of nitrogens with two attached hydrogens (primary N) is 1. The van der Waals surface area contributed by atoms with E-state index in [9.17, 15) is 9.59 Å². The number of anilines is 2. The molecule has 3 rings (SSSR count). The number of nitrogens with one attached hydrogen (secondary N) is 1. The molecule has 0 unspecified atom stereocenters. The molecule has 0 aliphatic heterocycles. The molecule has 0 atom stereocenters. The Morgan fingerprint density at radius 2 is 2.00 bits per heavy atom. The first-order valence-corrected chi connectivity index (χ1v) is 9.96. The molecule has 0 saturated carbocycles. The maximum Gasteiger partial charge on any atom is 0.412 e. The number of rotatable bonds is 4. The van der Waals surface area contributed by atoms with Crippen molar-refractivity contribution >= 4 is 28.9 Å². The van der Waals surface area contributed by atoms with Crippen LogP contribution in [0.25, 0.3) is 5.52 Å². The molecule has 0 radical (unpaired) electrons. The van der Waals surface area contributed by atoms with Gasteiger partial charge in [0.15, 0.2) is 11.6 Å². The fraction of sp³-hybridized carbons (Fsp3) is 0.304. The molecule has 3 aromatic rings. The maximum absolute atomic E-state index is 13.3. The van der Waals surface area contributed by atoms with Gasteiger partial charge in [0, 0.05) is 11.3 Å². The molecule has 0 bridgehead atoms. The van der Waals surface area contributed by atoms with Gasteiger partial charge in [0.2, 0.25) is 0 Å². The number of benzene rings is 1. The van der Waals surface area contributed by atoms with Crippen molar-refractivity contribution in [2.45, 2.75) is 26.4 Å². The number of carbonyl (C=O) groups excluding carboxylic acids is 2. The van der Waals surface area contributed by atoms with Gasteiger partial charge in [-0.1, -0.05) is 18.1 Å². The summed E-state index contributed by atoms with van der Waals surface area (Å²) < 4.78 is 6.78. The largest absolute Gasteiger partial charge is 0.444 e. The fourth-order valence-corrected chi connectivity index (χ4v) is 2.93. The lowest BCUT2D eigenvalue weighted by Crippen LogP contribution is -2.27. The van der Waals surface area contributed by atoms with Crippen molar-refractivity contribution in [2.24, 2.45) is 0 Å². The summed E-state index contributed by atoms with van der Waals surface area (Å²) in [6, 6.07) is 8.24. The van der Waals surface area contributed by atoms with Crippen molar-refractivity contribution in [1.82, 2.24) is 19.5 Å². The van der Waals surface area contributed by atoms with Gasteiger partial charge in [-0.05, 0) is 59.0 Å². The van der Waals surface area contributed by atoms with Gasteiger partial charge in [-0.25, -0.2) is 14.3 Å². The van der Waals surface area contributed by atoms with E-state index in [1.165, 1.54) is 10.8 Å². The zero-order chi connectivity index (χ0) is 23.5. The number of hydrogen-bond donors (Lipinski definition) is 2. The maximum atomic E-state index is 13.3. The second-order valence-corrected chi connectivity index (χ2v) is 8.43. The first-order chi connectivity index (χ1) is 15.0. The third-order valence-electron chi connectivity index (χ3n) is 4.21. The smallest absolute Gasteiger partial charge is 0.412 e. The van der Waals surface area contributed by atoms with Crippen LogP contribution in [0.4, 0.5) is 16.3 Å². The number of amides is 1. The van der Waals surface area contributed by atoms with E-state index in [1.807, 2.05) is 19.0 Å². The molecule has 2 aromatic heterocycles. The van der Waals surface area contributed by atoms with Gasteiger partial charge in [-0.3, -0.25) is 15.0 Å². The summed E-state index contributed by atoms with van der Waals surface area (Å²) in [7, 11) is 3.83. The minimum Gasteiger partial charge on any atom is -0.444 e. The zero-order valence-electron chi connectivity index (χ0n) is 18.8. The lowest BCUT2D eigenvalue weighted by molar-refractivity contribution is 0.0635. The molecule has 32 heavy (non-hydrogen) atoms. The molecule has 0 spiro atoms. The molecular weight excluding hydrogens is 408 g/mol. The van der Waals surface area contributed by atoms with E-state index >= 15 is 0 Å². The summed E-state index contributed by atoms with van der Waals surface area (Å²) in [5.74, 6) is 5.95. The van der Waals surface area contributed by atoms with E-state index in [-0.39, 0.29) is 11.6 Å². The van der Waals surface area contributed by atoms with Gasteiger partial charge in [0.05, 0.1) is 12.1 Å². The van der Waals surface area contributed by atoms with Gasteiger partial charge in [0.1, 0.15) is 23.1 Å². The van der Waals surface area contributed by atoms with Gasteiger partial charge >= 0.3 is 6.09 Å². The van der Waals surface area contributed by atoms with Crippen molar-refractivity contribution in [3.63, 3.8) is 0 Å². The number of nitrogen functional groups attached to an aromatic ring is 1. The Labute approximate surface area is 186 Å². The highest BCUT2D eigenvalue weighted by molar-refractivity contribution is 6.15. The highest BCUT2D eigenvalue weighted by Gasteiger charge is 2.21. The normalized spacial score (nSPS) is 11.2. The Balaban J connectivity index is 1.96. The number of fused-ring (bicyclic) bond motifs is 1. The minimum atomic E-state index is -0.634. The molecule has 2 heterocycles. The predicted octanol–water partition coefficient (Wildman–Crippen LogP) is 2.80. The van der Waals surface area contributed by atoms with Crippen LogP contribution in [-0.4, -0.2) is 57.6 Å². The summed E-state index contributed by atoms with van der Waals surface area (Å²) in [5, 5.41) is 6.85. The molecule has 0 aliphatic rings. The Morgan fingerprint density at radius 3 is 2.69 bits per heavy atom. The third-order valence-corrected chi connectivity index (χ3v) is 4.21. The Bertz CT molecular complexity index is 1230. The van der Waals surface area contributed by atoms with E-state index in [0.717, 1.165) is 0 Å².